The average molecular weight is 424 g/mol. The Morgan fingerprint density at radius 1 is 1.19 bits per heavy atom. The van der Waals surface area contributed by atoms with Gasteiger partial charge in [0.05, 0.1) is 16.7 Å². The van der Waals surface area contributed by atoms with Crippen molar-refractivity contribution < 1.29 is 13.6 Å². The molecule has 0 spiro atoms. The monoisotopic (exact) mass is 424 g/mol. The zero-order chi connectivity index (χ0) is 21.6. The number of nitrogens with one attached hydrogen (secondary N) is 3. The van der Waals surface area contributed by atoms with E-state index in [1.807, 2.05) is 24.0 Å². The molecule has 160 valence electrons. The molecule has 0 unspecified atom stereocenters. The summed E-state index contributed by atoms with van der Waals surface area (Å²) < 4.78 is 26.7. The molecule has 0 saturated carbocycles. The number of anilines is 1. The summed E-state index contributed by atoms with van der Waals surface area (Å²) in [6.45, 7) is 3.22. The van der Waals surface area contributed by atoms with Gasteiger partial charge in [0.15, 0.2) is 0 Å². The lowest BCUT2D eigenvalue weighted by atomic mass is 10.1. The Balaban J connectivity index is 1.30. The number of aryl methyl sites for hydroxylation is 1. The molecule has 7 nitrogen and oxygen atoms in total. The van der Waals surface area contributed by atoms with Gasteiger partial charge in [-0.2, -0.15) is 5.10 Å². The quantitative estimate of drug-likeness (QED) is 0.457. The number of halogens is 2. The van der Waals surface area contributed by atoms with Gasteiger partial charge in [-0.3, -0.25) is 14.8 Å². The number of aromatic nitrogens is 4. The number of rotatable bonds is 4. The van der Waals surface area contributed by atoms with Gasteiger partial charge in [0.2, 0.25) is 0 Å². The third-order valence-electron chi connectivity index (χ3n) is 5.80. The lowest BCUT2D eigenvalue weighted by molar-refractivity contribution is -0.0568. The van der Waals surface area contributed by atoms with E-state index < -0.39 is 5.92 Å². The van der Waals surface area contributed by atoms with Gasteiger partial charge in [-0.1, -0.05) is 0 Å². The van der Waals surface area contributed by atoms with Gasteiger partial charge in [0.1, 0.15) is 5.82 Å². The molecule has 1 aliphatic heterocycles. The van der Waals surface area contributed by atoms with Gasteiger partial charge in [-0.25, -0.2) is 13.8 Å². The van der Waals surface area contributed by atoms with Crippen molar-refractivity contribution in [2.45, 2.75) is 32.2 Å². The Labute approximate surface area is 176 Å². The van der Waals surface area contributed by atoms with Crippen LogP contribution in [0.1, 0.15) is 34.6 Å². The number of fused-ring (bicyclic) bond motifs is 2. The second kappa shape index (κ2) is 7.42. The summed E-state index contributed by atoms with van der Waals surface area (Å²) in [5, 5.41) is 11.7. The molecule has 1 saturated heterocycles. The maximum atomic E-state index is 13.4. The lowest BCUT2D eigenvalue weighted by Crippen LogP contribution is -2.38. The fourth-order valence-electron chi connectivity index (χ4n) is 3.99. The van der Waals surface area contributed by atoms with Crippen LogP contribution in [0.25, 0.3) is 21.8 Å². The first-order chi connectivity index (χ1) is 14.9. The second-order valence-electron chi connectivity index (χ2n) is 8.11. The minimum atomic E-state index is -2.55. The van der Waals surface area contributed by atoms with Crippen LogP contribution >= 0.6 is 0 Å². The van der Waals surface area contributed by atoms with E-state index in [1.54, 1.807) is 24.4 Å². The van der Waals surface area contributed by atoms with Gasteiger partial charge in [0.25, 0.3) is 11.8 Å². The molecule has 1 fully saturated rings. The van der Waals surface area contributed by atoms with Gasteiger partial charge < -0.3 is 10.3 Å². The molecular formula is C22H22F2N6O. The molecule has 9 heteroatoms. The third-order valence-corrected chi connectivity index (χ3v) is 5.80. The zero-order valence-electron chi connectivity index (χ0n) is 17.0. The van der Waals surface area contributed by atoms with Crippen LogP contribution in [0.15, 0.2) is 36.5 Å². The van der Waals surface area contributed by atoms with Crippen LogP contribution in [0, 0.1) is 6.92 Å². The summed E-state index contributed by atoms with van der Waals surface area (Å²) in [6, 6.07) is 9.12. The first kappa shape index (κ1) is 19.6. The molecule has 0 atom stereocenters. The predicted octanol–water partition coefficient (Wildman–Crippen LogP) is 4.23. The molecule has 31 heavy (non-hydrogen) atoms. The zero-order valence-corrected chi connectivity index (χ0v) is 17.0. The minimum absolute atomic E-state index is 0.102. The Morgan fingerprint density at radius 2 is 2.00 bits per heavy atom. The molecule has 3 N–H and O–H groups in total. The number of pyridine rings is 1. The van der Waals surface area contributed by atoms with Gasteiger partial charge >= 0.3 is 0 Å². The van der Waals surface area contributed by atoms with Crippen LogP contribution in [0.5, 0.6) is 0 Å². The summed E-state index contributed by atoms with van der Waals surface area (Å²) in [5.74, 6) is -2.36. The number of benzene rings is 1. The van der Waals surface area contributed by atoms with Crippen LogP contribution in [-0.4, -0.2) is 50.0 Å². The molecule has 4 aromatic rings. The van der Waals surface area contributed by atoms with Crippen molar-refractivity contribution >= 4 is 33.5 Å². The number of hydrogen-bond donors (Lipinski definition) is 3. The molecule has 1 aromatic carbocycles. The molecular weight excluding hydrogens is 402 g/mol. The highest BCUT2D eigenvalue weighted by molar-refractivity contribution is 6.06. The molecule has 0 radical (unpaired) electrons. The minimum Gasteiger partial charge on any atom is -0.357 e. The molecule has 3 aromatic heterocycles. The smallest absolute Gasteiger partial charge is 0.256 e. The van der Waals surface area contributed by atoms with Crippen molar-refractivity contribution in [2.75, 3.05) is 18.4 Å². The van der Waals surface area contributed by atoms with E-state index in [4.69, 9.17) is 0 Å². The summed E-state index contributed by atoms with van der Waals surface area (Å²) in [7, 11) is 0. The molecule has 4 heterocycles. The summed E-state index contributed by atoms with van der Waals surface area (Å²) >= 11 is 0. The van der Waals surface area contributed by atoms with E-state index in [2.05, 4.69) is 25.5 Å². The van der Waals surface area contributed by atoms with E-state index in [9.17, 15) is 13.6 Å². The lowest BCUT2D eigenvalue weighted by Gasteiger charge is -2.31. The van der Waals surface area contributed by atoms with Crippen LogP contribution in [0.2, 0.25) is 0 Å². The Morgan fingerprint density at radius 3 is 2.81 bits per heavy atom. The highest BCUT2D eigenvalue weighted by Gasteiger charge is 2.33. The van der Waals surface area contributed by atoms with Crippen LogP contribution < -0.4 is 5.32 Å². The molecule has 5 rings (SSSR count). The fourth-order valence-corrected chi connectivity index (χ4v) is 3.99. The number of amides is 1. The first-order valence-electron chi connectivity index (χ1n) is 10.2. The summed E-state index contributed by atoms with van der Waals surface area (Å²) in [5.41, 5.74) is 4.01. The van der Waals surface area contributed by atoms with Crippen molar-refractivity contribution in [2.24, 2.45) is 0 Å². The van der Waals surface area contributed by atoms with Crippen molar-refractivity contribution in [3.05, 3.63) is 53.5 Å². The van der Waals surface area contributed by atoms with E-state index >= 15 is 0 Å². The Kier molecular flexibility index (Phi) is 4.70. The number of alkyl halides is 2. The number of H-pyrrole nitrogens is 2. The highest BCUT2D eigenvalue weighted by atomic mass is 19.3. The van der Waals surface area contributed by atoms with E-state index in [1.165, 1.54) is 0 Å². The van der Waals surface area contributed by atoms with Gasteiger partial charge in [-0.15, -0.1) is 0 Å². The molecule has 0 bridgehead atoms. The van der Waals surface area contributed by atoms with Gasteiger partial charge in [-0.05, 0) is 31.2 Å². The fraction of sp³-hybridized carbons (Fsp3) is 0.318. The molecule has 0 aliphatic carbocycles. The largest absolute Gasteiger partial charge is 0.357 e. The second-order valence-corrected chi connectivity index (χ2v) is 8.11. The third kappa shape index (κ3) is 4.00. The van der Waals surface area contributed by atoms with Crippen molar-refractivity contribution in [3.63, 3.8) is 0 Å². The molecule has 1 amide bonds. The Bertz CT molecular complexity index is 1270. The number of carbonyl (C=O) groups is 1. The number of nitrogens with zero attached hydrogens (tertiary/aromatic N) is 3. The van der Waals surface area contributed by atoms with Crippen LogP contribution in [0.3, 0.4) is 0 Å². The normalized spacial score (nSPS) is 16.7. The summed E-state index contributed by atoms with van der Waals surface area (Å²) in [6.07, 6.45) is 1.49. The predicted molar refractivity (Wildman–Crippen MR) is 114 cm³/mol. The Hall–Kier alpha value is -3.33. The van der Waals surface area contributed by atoms with Crippen molar-refractivity contribution in [1.82, 2.24) is 25.1 Å². The highest BCUT2D eigenvalue weighted by Crippen LogP contribution is 2.29. The maximum absolute atomic E-state index is 13.4. The van der Waals surface area contributed by atoms with Crippen molar-refractivity contribution in [3.8, 4) is 0 Å². The SMILES string of the molecule is Cc1n[nH]c2ccc(C(=O)Nc3cc4[nH]c(CN5CCC(F)(F)CC5)cc4cn3)cc12. The van der Waals surface area contributed by atoms with Crippen LogP contribution in [-0.2, 0) is 6.54 Å². The first-order valence-corrected chi connectivity index (χ1v) is 10.2. The number of carbonyl (C=O) groups excluding carboxylic acids is 1. The number of hydrogen-bond acceptors (Lipinski definition) is 4. The van der Waals surface area contributed by atoms with Gasteiger partial charge in [0, 0.05) is 66.8 Å². The molecule has 1 aliphatic rings. The maximum Gasteiger partial charge on any atom is 0.256 e. The standard InChI is InChI=1S/C22H22F2N6O/c1-13-17-9-14(2-3-18(17)29-28-13)21(31)27-20-10-19-15(11-25-20)8-16(26-19)12-30-6-4-22(23,24)5-7-30/h2-3,8-11,26H,4-7,12H2,1H3,(H,28,29)(H,25,27,31). The van der Waals surface area contributed by atoms with E-state index in [-0.39, 0.29) is 18.7 Å². The van der Waals surface area contributed by atoms with Crippen LogP contribution in [0.4, 0.5) is 14.6 Å². The number of aromatic amines is 2. The van der Waals surface area contributed by atoms with E-state index in [0.717, 1.165) is 33.2 Å². The number of likely N-dealkylation sites (tertiary alicyclic amines) is 1. The topological polar surface area (TPSA) is 89.7 Å². The van der Waals surface area contributed by atoms with E-state index in [0.29, 0.717) is 31.0 Å². The summed E-state index contributed by atoms with van der Waals surface area (Å²) in [4.78, 5) is 22.4. The van der Waals surface area contributed by atoms with Crippen molar-refractivity contribution in [1.29, 1.82) is 0 Å². The average Bonchev–Trinajstić information content (AvgIpc) is 3.32. The number of piperidine rings is 1.